The molecule has 29 heavy (non-hydrogen) atoms. The van der Waals surface area contributed by atoms with Gasteiger partial charge in [-0.05, 0) is 48.5 Å². The van der Waals surface area contributed by atoms with Crippen LogP contribution < -0.4 is 20.1 Å². The Bertz CT molecular complexity index is 1100. The highest BCUT2D eigenvalue weighted by Crippen LogP contribution is 2.35. The van der Waals surface area contributed by atoms with E-state index in [1.165, 1.54) is 18.1 Å². The van der Waals surface area contributed by atoms with Gasteiger partial charge in [0.15, 0.2) is 5.11 Å². The van der Waals surface area contributed by atoms with Crippen LogP contribution >= 0.6 is 12.2 Å². The number of benzene rings is 2. The summed E-state index contributed by atoms with van der Waals surface area (Å²) in [7, 11) is 1.19. The maximum absolute atomic E-state index is 13.0. The van der Waals surface area contributed by atoms with E-state index >= 15 is 0 Å². The average molecular weight is 412 g/mol. The van der Waals surface area contributed by atoms with Crippen LogP contribution in [0.2, 0.25) is 0 Å². The Morgan fingerprint density at radius 3 is 2.55 bits per heavy atom. The van der Waals surface area contributed by atoms with Crippen molar-refractivity contribution in [3.05, 3.63) is 63.2 Å². The van der Waals surface area contributed by atoms with Gasteiger partial charge in [0.2, 0.25) is 0 Å². The van der Waals surface area contributed by atoms with Gasteiger partial charge >= 0.3 is 0 Å². The first-order valence-corrected chi connectivity index (χ1v) is 8.66. The number of methoxy groups -OCH3 is 1. The van der Waals surface area contributed by atoms with Crippen molar-refractivity contribution in [3.8, 4) is 11.5 Å². The Morgan fingerprint density at radius 1 is 1.24 bits per heavy atom. The molecule has 9 nitrogen and oxygen atoms in total. The number of nitrogens with one attached hydrogen (secondary N) is 1. The van der Waals surface area contributed by atoms with E-state index < -0.39 is 28.2 Å². The predicted molar refractivity (Wildman–Crippen MR) is 106 cm³/mol. The average Bonchev–Trinajstić information content (AvgIpc) is 2.67. The molecule has 1 aliphatic rings. The van der Waals surface area contributed by atoms with Gasteiger partial charge in [0.1, 0.15) is 11.3 Å². The van der Waals surface area contributed by atoms with Gasteiger partial charge in [-0.25, -0.2) is 0 Å². The van der Waals surface area contributed by atoms with Crippen LogP contribution in [0.4, 0.5) is 11.4 Å². The number of thiocarbonyl (C=S) groups is 1. The van der Waals surface area contributed by atoms with Gasteiger partial charge < -0.3 is 9.84 Å². The Labute approximate surface area is 170 Å². The minimum atomic E-state index is -0.901. The summed E-state index contributed by atoms with van der Waals surface area (Å²) in [5, 5.41) is 25.5. The first-order chi connectivity index (χ1) is 13.7. The molecule has 1 saturated heterocycles. The zero-order valence-corrected chi connectivity index (χ0v) is 16.1. The molecule has 2 aromatic carbocycles. The molecular formula is C19H14N3O6S-. The summed E-state index contributed by atoms with van der Waals surface area (Å²) in [4.78, 5) is 36.9. The number of anilines is 1. The number of amides is 2. The summed E-state index contributed by atoms with van der Waals surface area (Å²) in [6, 6.07) is 9.17. The SMILES string of the molecule is COc1cc(/C=C2/C(=O)NC(=S)N(c3ccccc3C)C2=O)cc([N+](=O)[O-])c1[O-]. The number of rotatable bonds is 4. The standard InChI is InChI=1S/C19H15N3O6S/c1-10-5-3-4-6-13(10)21-18(25)12(17(24)20-19(21)29)7-11-8-14(22(26)27)16(23)15(9-11)28-2/h3-9,23H,1-2H3,(H,20,24,29)/p-1/b12-7-. The zero-order valence-electron chi connectivity index (χ0n) is 15.3. The molecule has 0 bridgehead atoms. The van der Waals surface area contributed by atoms with E-state index in [2.05, 4.69) is 5.32 Å². The number of nitro benzene ring substituents is 1. The molecular weight excluding hydrogens is 398 g/mol. The van der Waals surface area contributed by atoms with Gasteiger partial charge in [-0.15, -0.1) is 0 Å². The molecule has 10 heteroatoms. The minimum absolute atomic E-state index is 0.0788. The molecule has 2 aromatic rings. The Morgan fingerprint density at radius 2 is 1.93 bits per heavy atom. The quantitative estimate of drug-likeness (QED) is 0.267. The second-order valence-corrected chi connectivity index (χ2v) is 6.46. The monoisotopic (exact) mass is 412 g/mol. The second kappa shape index (κ2) is 7.68. The van der Waals surface area contributed by atoms with Crippen LogP contribution in [-0.2, 0) is 9.59 Å². The molecule has 0 saturated carbocycles. The van der Waals surface area contributed by atoms with E-state index in [9.17, 15) is 24.8 Å². The molecule has 0 unspecified atom stereocenters. The lowest BCUT2D eigenvalue weighted by Gasteiger charge is -2.30. The van der Waals surface area contributed by atoms with Crippen LogP contribution in [0.5, 0.6) is 11.5 Å². The number of nitrogens with zero attached hydrogens (tertiary/aromatic N) is 2. The number of aryl methyl sites for hydroxylation is 1. The maximum atomic E-state index is 13.0. The second-order valence-electron chi connectivity index (χ2n) is 6.07. The number of nitro groups is 1. The number of carbonyl (C=O) groups is 2. The molecule has 0 radical (unpaired) electrons. The molecule has 1 aliphatic heterocycles. The van der Waals surface area contributed by atoms with Gasteiger partial charge in [0.25, 0.3) is 17.5 Å². The van der Waals surface area contributed by atoms with Crippen molar-refractivity contribution in [3.63, 3.8) is 0 Å². The molecule has 0 atom stereocenters. The van der Waals surface area contributed by atoms with Crippen molar-refractivity contribution in [2.45, 2.75) is 6.92 Å². The van der Waals surface area contributed by atoms with Crippen LogP contribution in [0, 0.1) is 17.0 Å². The molecule has 1 N–H and O–H groups in total. The molecule has 0 aliphatic carbocycles. The summed E-state index contributed by atoms with van der Waals surface area (Å²) in [5.41, 5.74) is 0.311. The summed E-state index contributed by atoms with van der Waals surface area (Å²) in [5.74, 6) is -2.62. The largest absolute Gasteiger partial charge is 0.865 e. The highest BCUT2D eigenvalue weighted by Gasteiger charge is 2.35. The van der Waals surface area contributed by atoms with Crippen molar-refractivity contribution >= 4 is 46.6 Å². The molecule has 0 aromatic heterocycles. The summed E-state index contributed by atoms with van der Waals surface area (Å²) in [6.45, 7) is 1.78. The third-order valence-corrected chi connectivity index (χ3v) is 4.53. The van der Waals surface area contributed by atoms with Crippen LogP contribution in [0.3, 0.4) is 0 Å². The maximum Gasteiger partial charge on any atom is 0.270 e. The lowest BCUT2D eigenvalue weighted by Crippen LogP contribution is -2.54. The van der Waals surface area contributed by atoms with Crippen molar-refractivity contribution in [1.82, 2.24) is 5.32 Å². The van der Waals surface area contributed by atoms with Crippen LogP contribution in [0.25, 0.3) is 6.08 Å². The van der Waals surface area contributed by atoms with Gasteiger partial charge in [-0.2, -0.15) is 0 Å². The Kier molecular flexibility index (Phi) is 5.29. The first-order valence-electron chi connectivity index (χ1n) is 8.25. The van der Waals surface area contributed by atoms with Crippen molar-refractivity contribution in [2.75, 3.05) is 12.0 Å². The van der Waals surface area contributed by atoms with Crippen molar-refractivity contribution in [1.29, 1.82) is 0 Å². The lowest BCUT2D eigenvalue weighted by atomic mass is 10.0. The van der Waals surface area contributed by atoms with E-state index in [1.54, 1.807) is 31.2 Å². The van der Waals surface area contributed by atoms with Crippen LogP contribution in [-0.4, -0.2) is 29.0 Å². The fraction of sp³-hybridized carbons (Fsp3) is 0.105. The molecule has 3 rings (SSSR count). The number of carbonyl (C=O) groups excluding carboxylic acids is 2. The van der Waals surface area contributed by atoms with E-state index in [0.717, 1.165) is 17.7 Å². The van der Waals surface area contributed by atoms with Crippen LogP contribution in [0.1, 0.15) is 11.1 Å². The van der Waals surface area contributed by atoms with Gasteiger partial charge in [0.05, 0.1) is 17.7 Å². The lowest BCUT2D eigenvalue weighted by molar-refractivity contribution is -0.398. The Balaban J connectivity index is 2.11. The molecule has 1 fully saturated rings. The van der Waals surface area contributed by atoms with E-state index in [4.69, 9.17) is 17.0 Å². The third kappa shape index (κ3) is 3.65. The van der Waals surface area contributed by atoms with E-state index in [1.807, 2.05) is 0 Å². The topological polar surface area (TPSA) is 125 Å². The minimum Gasteiger partial charge on any atom is -0.865 e. The highest BCUT2D eigenvalue weighted by atomic mass is 32.1. The number of ether oxygens (including phenoxy) is 1. The van der Waals surface area contributed by atoms with Gasteiger partial charge in [-0.3, -0.25) is 29.9 Å². The first kappa shape index (κ1) is 20.0. The third-order valence-electron chi connectivity index (χ3n) is 4.24. The summed E-state index contributed by atoms with van der Waals surface area (Å²) >= 11 is 5.15. The van der Waals surface area contributed by atoms with Crippen molar-refractivity contribution < 1.29 is 24.4 Å². The fourth-order valence-corrected chi connectivity index (χ4v) is 3.11. The number of para-hydroxylation sites is 1. The Hall–Kier alpha value is -3.79. The summed E-state index contributed by atoms with van der Waals surface area (Å²) < 4.78 is 4.88. The summed E-state index contributed by atoms with van der Waals surface area (Å²) in [6.07, 6.45) is 1.15. The number of hydrogen-bond donors (Lipinski definition) is 1. The smallest absolute Gasteiger partial charge is 0.270 e. The fourth-order valence-electron chi connectivity index (χ4n) is 2.84. The predicted octanol–water partition coefficient (Wildman–Crippen LogP) is 1.82. The van der Waals surface area contributed by atoms with E-state index in [-0.39, 0.29) is 22.0 Å². The van der Waals surface area contributed by atoms with Gasteiger partial charge in [0, 0.05) is 11.8 Å². The molecule has 2 amide bonds. The molecule has 1 heterocycles. The zero-order chi connectivity index (χ0) is 21.3. The normalized spacial score (nSPS) is 15.4. The van der Waals surface area contributed by atoms with E-state index in [0.29, 0.717) is 5.69 Å². The number of hydrogen-bond acceptors (Lipinski definition) is 7. The van der Waals surface area contributed by atoms with Crippen LogP contribution in [0.15, 0.2) is 42.0 Å². The highest BCUT2D eigenvalue weighted by molar-refractivity contribution is 7.80. The van der Waals surface area contributed by atoms with Gasteiger partial charge in [-0.1, -0.05) is 18.2 Å². The molecule has 148 valence electrons. The van der Waals surface area contributed by atoms with Crippen molar-refractivity contribution in [2.24, 2.45) is 0 Å². The molecule has 0 spiro atoms.